The average Bonchev–Trinajstić information content (AvgIpc) is 2.80. The molecule has 0 atom stereocenters. The van der Waals surface area contributed by atoms with Crippen molar-refractivity contribution in [3.8, 4) is 0 Å². The molecule has 0 saturated heterocycles. The zero-order valence-corrected chi connectivity index (χ0v) is 13.7. The lowest BCUT2D eigenvalue weighted by Gasteiger charge is -2.13. The summed E-state index contributed by atoms with van der Waals surface area (Å²) in [6, 6.07) is 0. The monoisotopic (exact) mass is 340 g/mol. The van der Waals surface area contributed by atoms with Crippen LogP contribution in [0.25, 0.3) is 0 Å². The highest BCUT2D eigenvalue weighted by atomic mass is 79.9. The Labute approximate surface area is 125 Å². The Bertz CT molecular complexity index is 530. The van der Waals surface area contributed by atoms with Gasteiger partial charge in [0.2, 0.25) is 5.95 Å². The normalized spacial score (nSPS) is 11.6. The lowest BCUT2D eigenvalue weighted by Crippen LogP contribution is -2.11. The summed E-state index contributed by atoms with van der Waals surface area (Å²) in [5, 5.41) is 6.50. The summed E-state index contributed by atoms with van der Waals surface area (Å²) in [6.45, 7) is 7.34. The van der Waals surface area contributed by atoms with Gasteiger partial charge >= 0.3 is 0 Å². The molecule has 6 heteroatoms. The Kier molecular flexibility index (Phi) is 4.52. The summed E-state index contributed by atoms with van der Waals surface area (Å²) < 4.78 is 0.882. The van der Waals surface area contributed by atoms with Crippen LogP contribution >= 0.6 is 27.3 Å². The maximum atomic E-state index is 4.66. The zero-order valence-electron chi connectivity index (χ0n) is 11.3. The fraction of sp³-hybridized carbons (Fsp3) is 0.462. The molecule has 0 radical (unpaired) electrons. The van der Waals surface area contributed by atoms with E-state index in [1.165, 1.54) is 5.01 Å². The molecule has 102 valence electrons. The van der Waals surface area contributed by atoms with Crippen LogP contribution < -0.4 is 5.32 Å². The molecule has 0 saturated carbocycles. The summed E-state index contributed by atoms with van der Waals surface area (Å²) >= 11 is 5.04. The minimum atomic E-state index is 0.130. The van der Waals surface area contributed by atoms with Crippen molar-refractivity contribution >= 4 is 33.2 Å². The van der Waals surface area contributed by atoms with Crippen LogP contribution in [-0.2, 0) is 11.8 Å². The van der Waals surface area contributed by atoms with E-state index in [2.05, 4.69) is 62.3 Å². The van der Waals surface area contributed by atoms with Crippen molar-refractivity contribution in [3.63, 3.8) is 0 Å². The Morgan fingerprint density at radius 2 is 1.95 bits per heavy atom. The molecule has 2 aromatic heterocycles. The Morgan fingerprint density at radius 3 is 2.53 bits per heavy atom. The third kappa shape index (κ3) is 4.24. The highest BCUT2D eigenvalue weighted by Gasteiger charge is 2.17. The van der Waals surface area contributed by atoms with Gasteiger partial charge in [0.15, 0.2) is 0 Å². The first kappa shape index (κ1) is 14.4. The lowest BCUT2D eigenvalue weighted by molar-refractivity contribution is 0.583. The minimum absolute atomic E-state index is 0.130. The molecule has 4 nitrogen and oxygen atoms in total. The van der Waals surface area contributed by atoms with E-state index in [0.29, 0.717) is 5.95 Å². The van der Waals surface area contributed by atoms with E-state index >= 15 is 0 Å². The SMILES string of the molecule is CC(C)(C)c1nc(CCNc2ncc(Br)cn2)cs1. The topological polar surface area (TPSA) is 50.7 Å². The number of rotatable bonds is 4. The number of thiazole rings is 1. The Balaban J connectivity index is 1.86. The summed E-state index contributed by atoms with van der Waals surface area (Å²) in [4.78, 5) is 13.0. The molecular weight excluding hydrogens is 324 g/mol. The van der Waals surface area contributed by atoms with Crippen LogP contribution in [-0.4, -0.2) is 21.5 Å². The molecule has 0 unspecified atom stereocenters. The van der Waals surface area contributed by atoms with E-state index in [0.717, 1.165) is 23.1 Å². The largest absolute Gasteiger partial charge is 0.354 e. The van der Waals surface area contributed by atoms with Gasteiger partial charge in [-0.15, -0.1) is 11.3 Å². The molecule has 0 bridgehead atoms. The van der Waals surface area contributed by atoms with Crippen LogP contribution in [0.5, 0.6) is 0 Å². The molecule has 0 amide bonds. The van der Waals surface area contributed by atoms with Crippen molar-refractivity contribution in [1.29, 1.82) is 0 Å². The molecular formula is C13H17BrN4S. The number of nitrogens with zero attached hydrogens (tertiary/aromatic N) is 3. The van der Waals surface area contributed by atoms with Gasteiger partial charge in [-0.3, -0.25) is 0 Å². The van der Waals surface area contributed by atoms with E-state index in [1.807, 2.05) is 0 Å². The number of anilines is 1. The van der Waals surface area contributed by atoms with Crippen LogP contribution in [0.1, 0.15) is 31.5 Å². The molecule has 2 aromatic rings. The van der Waals surface area contributed by atoms with Gasteiger partial charge < -0.3 is 5.32 Å². The van der Waals surface area contributed by atoms with Crippen molar-refractivity contribution < 1.29 is 0 Å². The standard InChI is InChI=1S/C13H17BrN4S/c1-13(2,3)11-18-10(8-19-11)4-5-15-12-16-6-9(14)7-17-12/h6-8H,4-5H2,1-3H3,(H,15,16,17). The maximum absolute atomic E-state index is 4.66. The van der Waals surface area contributed by atoms with E-state index in [4.69, 9.17) is 0 Å². The van der Waals surface area contributed by atoms with E-state index < -0.39 is 0 Å². The summed E-state index contributed by atoms with van der Waals surface area (Å²) in [5.74, 6) is 0.648. The summed E-state index contributed by atoms with van der Waals surface area (Å²) in [7, 11) is 0. The molecule has 0 fully saturated rings. The predicted molar refractivity (Wildman–Crippen MR) is 82.7 cm³/mol. The molecule has 19 heavy (non-hydrogen) atoms. The minimum Gasteiger partial charge on any atom is -0.354 e. The van der Waals surface area contributed by atoms with E-state index in [9.17, 15) is 0 Å². The summed E-state index contributed by atoms with van der Waals surface area (Å²) in [5.41, 5.74) is 1.25. The van der Waals surface area contributed by atoms with Gasteiger partial charge in [0.1, 0.15) is 0 Å². The van der Waals surface area contributed by atoms with E-state index in [1.54, 1.807) is 23.7 Å². The van der Waals surface area contributed by atoms with Gasteiger partial charge in [0.05, 0.1) is 15.2 Å². The third-order valence-corrected chi connectivity index (χ3v) is 4.20. The quantitative estimate of drug-likeness (QED) is 0.922. The molecule has 0 spiro atoms. The molecule has 0 aliphatic carbocycles. The van der Waals surface area contributed by atoms with Gasteiger partial charge in [0, 0.05) is 36.2 Å². The Morgan fingerprint density at radius 1 is 1.26 bits per heavy atom. The second kappa shape index (κ2) is 5.96. The molecule has 0 aliphatic rings. The summed E-state index contributed by atoms with van der Waals surface area (Å²) in [6.07, 6.45) is 4.35. The number of hydrogen-bond acceptors (Lipinski definition) is 5. The van der Waals surface area contributed by atoms with Crippen LogP contribution in [0.15, 0.2) is 22.2 Å². The van der Waals surface area contributed by atoms with Gasteiger partial charge in [-0.2, -0.15) is 0 Å². The smallest absolute Gasteiger partial charge is 0.222 e. The zero-order chi connectivity index (χ0) is 13.9. The van der Waals surface area contributed by atoms with Crippen molar-refractivity contribution in [3.05, 3.63) is 32.9 Å². The van der Waals surface area contributed by atoms with Crippen LogP contribution in [0.4, 0.5) is 5.95 Å². The first-order chi connectivity index (χ1) is 8.95. The van der Waals surface area contributed by atoms with Crippen molar-refractivity contribution in [2.24, 2.45) is 0 Å². The van der Waals surface area contributed by atoms with Crippen molar-refractivity contribution in [2.75, 3.05) is 11.9 Å². The van der Waals surface area contributed by atoms with Crippen LogP contribution in [0.2, 0.25) is 0 Å². The highest BCUT2D eigenvalue weighted by Crippen LogP contribution is 2.25. The van der Waals surface area contributed by atoms with Crippen LogP contribution in [0.3, 0.4) is 0 Å². The number of halogens is 1. The molecule has 0 aromatic carbocycles. The average molecular weight is 341 g/mol. The van der Waals surface area contributed by atoms with Crippen molar-refractivity contribution in [2.45, 2.75) is 32.6 Å². The molecule has 0 aliphatic heterocycles. The second-order valence-electron chi connectivity index (χ2n) is 5.30. The first-order valence-corrected chi connectivity index (χ1v) is 7.79. The molecule has 1 N–H and O–H groups in total. The Hall–Kier alpha value is -1.01. The van der Waals surface area contributed by atoms with Gasteiger partial charge in [-0.25, -0.2) is 15.0 Å². The van der Waals surface area contributed by atoms with E-state index in [-0.39, 0.29) is 5.41 Å². The molecule has 2 rings (SSSR count). The van der Waals surface area contributed by atoms with Gasteiger partial charge in [0.25, 0.3) is 0 Å². The van der Waals surface area contributed by atoms with Crippen LogP contribution in [0, 0.1) is 0 Å². The number of nitrogens with one attached hydrogen (secondary N) is 1. The number of aromatic nitrogens is 3. The molecule has 2 heterocycles. The second-order valence-corrected chi connectivity index (χ2v) is 7.07. The fourth-order valence-corrected chi connectivity index (χ4v) is 2.62. The fourth-order valence-electron chi connectivity index (χ4n) is 1.47. The predicted octanol–water partition coefficient (Wildman–Crippen LogP) is 3.65. The number of hydrogen-bond donors (Lipinski definition) is 1. The maximum Gasteiger partial charge on any atom is 0.222 e. The lowest BCUT2D eigenvalue weighted by atomic mass is 9.98. The van der Waals surface area contributed by atoms with Gasteiger partial charge in [-0.05, 0) is 15.9 Å². The van der Waals surface area contributed by atoms with Gasteiger partial charge in [-0.1, -0.05) is 20.8 Å². The first-order valence-electron chi connectivity index (χ1n) is 6.11. The highest BCUT2D eigenvalue weighted by molar-refractivity contribution is 9.10. The third-order valence-electron chi connectivity index (χ3n) is 2.48. The van der Waals surface area contributed by atoms with Crippen molar-refractivity contribution in [1.82, 2.24) is 15.0 Å².